The van der Waals surface area contributed by atoms with Gasteiger partial charge in [-0.1, -0.05) is 12.1 Å². The minimum atomic E-state index is -4.49. The van der Waals surface area contributed by atoms with Gasteiger partial charge in [-0.25, -0.2) is 4.39 Å². The molecule has 0 spiro atoms. The van der Waals surface area contributed by atoms with E-state index in [1.165, 1.54) is 35.0 Å². The zero-order valence-corrected chi connectivity index (χ0v) is 17.2. The Balaban J connectivity index is 1.92. The second kappa shape index (κ2) is 8.31. The fourth-order valence-corrected chi connectivity index (χ4v) is 4.49. The first-order valence-electron chi connectivity index (χ1n) is 9.52. The number of hydrogen-bond donors (Lipinski definition) is 1. The third-order valence-corrected chi connectivity index (χ3v) is 6.17. The number of benzene rings is 2. The number of amides is 1. The maximum absolute atomic E-state index is 15.3. The van der Waals surface area contributed by atoms with E-state index in [0.29, 0.717) is 11.3 Å². The summed E-state index contributed by atoms with van der Waals surface area (Å²) in [4.78, 5) is 29.3. The van der Waals surface area contributed by atoms with Gasteiger partial charge < -0.3 is 9.88 Å². The van der Waals surface area contributed by atoms with Crippen LogP contribution in [0.3, 0.4) is 0 Å². The smallest absolute Gasteiger partial charge is 0.359 e. The molecule has 1 fully saturated rings. The van der Waals surface area contributed by atoms with Crippen molar-refractivity contribution in [1.29, 1.82) is 5.26 Å². The Hall–Kier alpha value is -3.32. The highest BCUT2D eigenvalue weighted by atomic mass is 32.2. The molecule has 0 atom stereocenters. The third kappa shape index (κ3) is 3.96. The van der Waals surface area contributed by atoms with E-state index in [4.69, 9.17) is 5.26 Å². The second-order valence-corrected chi connectivity index (χ2v) is 8.33. The molecule has 1 aliphatic rings. The summed E-state index contributed by atoms with van der Waals surface area (Å²) in [5.41, 5.74) is -0.756. The van der Waals surface area contributed by atoms with Gasteiger partial charge in [-0.3, -0.25) is 9.59 Å². The number of H-pyrrole nitrogens is 1. The van der Waals surface area contributed by atoms with Gasteiger partial charge in [-0.2, -0.15) is 30.2 Å². The second-order valence-electron chi connectivity index (χ2n) is 7.22. The molecule has 5 nitrogen and oxygen atoms in total. The Bertz CT molecular complexity index is 1310. The minimum absolute atomic E-state index is 0.0111. The van der Waals surface area contributed by atoms with Crippen molar-refractivity contribution >= 4 is 34.3 Å². The number of carbonyl (C=O) groups is 1. The molecule has 164 valence electrons. The highest BCUT2D eigenvalue weighted by Gasteiger charge is 2.31. The molecule has 0 aliphatic carbocycles. The van der Waals surface area contributed by atoms with E-state index in [1.807, 2.05) is 0 Å². The predicted octanol–water partition coefficient (Wildman–Crippen LogP) is 4.23. The van der Waals surface area contributed by atoms with E-state index in [9.17, 15) is 22.8 Å². The predicted molar refractivity (Wildman–Crippen MR) is 113 cm³/mol. The van der Waals surface area contributed by atoms with Crippen LogP contribution in [0.15, 0.2) is 41.3 Å². The van der Waals surface area contributed by atoms with Crippen LogP contribution in [0, 0.1) is 17.1 Å². The van der Waals surface area contributed by atoms with Crippen LogP contribution in [-0.4, -0.2) is 28.9 Å². The summed E-state index contributed by atoms with van der Waals surface area (Å²) in [6, 6.07) is 7.14. The molecule has 2 aromatic carbocycles. The number of nitrogens with one attached hydrogen (secondary N) is 1. The lowest BCUT2D eigenvalue weighted by molar-refractivity contribution is -0.137. The number of fused-ring (bicyclic) bond motifs is 1. The van der Waals surface area contributed by atoms with E-state index in [2.05, 4.69) is 4.98 Å². The average molecular weight is 461 g/mol. The molecule has 1 aliphatic heterocycles. The van der Waals surface area contributed by atoms with Gasteiger partial charge in [0.15, 0.2) is 0 Å². The average Bonchev–Trinajstić information content (AvgIpc) is 2.75. The maximum Gasteiger partial charge on any atom is 0.416 e. The third-order valence-electron chi connectivity index (χ3n) is 5.24. The Labute approximate surface area is 183 Å². The quantitative estimate of drug-likeness (QED) is 0.593. The summed E-state index contributed by atoms with van der Waals surface area (Å²) in [6.07, 6.45) is -3.32. The Morgan fingerprint density at radius 1 is 1.19 bits per heavy atom. The number of anilines is 1. The Morgan fingerprint density at radius 3 is 2.53 bits per heavy atom. The first-order chi connectivity index (χ1) is 15.2. The summed E-state index contributed by atoms with van der Waals surface area (Å²) >= 11 is 1.42. The number of pyridine rings is 1. The van der Waals surface area contributed by atoms with Crippen molar-refractivity contribution in [2.75, 3.05) is 23.0 Å². The van der Waals surface area contributed by atoms with Crippen molar-refractivity contribution in [1.82, 2.24) is 4.98 Å². The number of rotatable bonds is 3. The molecule has 1 aromatic heterocycles. The van der Waals surface area contributed by atoms with Crippen LogP contribution < -0.4 is 10.3 Å². The van der Waals surface area contributed by atoms with Crippen molar-refractivity contribution in [3.05, 3.63) is 74.8 Å². The van der Waals surface area contributed by atoms with Gasteiger partial charge >= 0.3 is 6.18 Å². The first kappa shape index (κ1) is 21.9. The number of aromatic amines is 1. The molecule has 32 heavy (non-hydrogen) atoms. The Morgan fingerprint density at radius 2 is 1.91 bits per heavy atom. The van der Waals surface area contributed by atoms with Gasteiger partial charge in [0.2, 0.25) is 11.3 Å². The van der Waals surface area contributed by atoms with E-state index in [-0.39, 0.29) is 52.3 Å². The highest BCUT2D eigenvalue weighted by molar-refractivity contribution is 8.00. The summed E-state index contributed by atoms with van der Waals surface area (Å²) < 4.78 is 54.0. The number of nitrogens with zero attached hydrogens (tertiary/aromatic N) is 2. The van der Waals surface area contributed by atoms with Crippen LogP contribution in [0.5, 0.6) is 0 Å². The van der Waals surface area contributed by atoms with Crippen LogP contribution in [0.25, 0.3) is 10.9 Å². The molecule has 0 saturated carbocycles. The lowest BCUT2D eigenvalue weighted by Crippen LogP contribution is -2.39. The van der Waals surface area contributed by atoms with Gasteiger partial charge in [0.25, 0.3) is 0 Å². The van der Waals surface area contributed by atoms with Crippen LogP contribution in [0.2, 0.25) is 0 Å². The molecule has 1 amide bonds. The number of aromatic nitrogens is 1. The van der Waals surface area contributed by atoms with E-state index in [1.54, 1.807) is 6.07 Å². The van der Waals surface area contributed by atoms with Crippen molar-refractivity contribution in [2.24, 2.45) is 0 Å². The molecule has 0 unspecified atom stereocenters. The lowest BCUT2D eigenvalue weighted by atomic mass is 9.97. The monoisotopic (exact) mass is 461 g/mol. The molecule has 1 N–H and O–H groups in total. The number of alkyl halides is 3. The lowest BCUT2D eigenvalue weighted by Gasteiger charge is -2.29. The molecule has 0 radical (unpaired) electrons. The Kier molecular flexibility index (Phi) is 5.69. The van der Waals surface area contributed by atoms with Crippen LogP contribution >= 0.6 is 11.8 Å². The van der Waals surface area contributed by atoms with Gasteiger partial charge in [0.1, 0.15) is 17.4 Å². The molecule has 2 heterocycles. The SMILES string of the molecule is N#Cc1c[nH]c2c(Cc3ccc(C(F)(F)F)cc3)c(N3CCSCC3=O)c(F)cc2c1=O. The fourth-order valence-electron chi connectivity index (χ4n) is 3.71. The van der Waals surface area contributed by atoms with Crippen LogP contribution in [-0.2, 0) is 17.4 Å². The number of carbonyl (C=O) groups excluding carboxylic acids is 1. The molecule has 1 saturated heterocycles. The zero-order valence-electron chi connectivity index (χ0n) is 16.4. The van der Waals surface area contributed by atoms with Crippen molar-refractivity contribution in [3.8, 4) is 6.07 Å². The van der Waals surface area contributed by atoms with E-state index in [0.717, 1.165) is 18.2 Å². The number of thioether (sulfide) groups is 1. The number of nitriles is 1. The summed E-state index contributed by atoms with van der Waals surface area (Å²) in [7, 11) is 0. The largest absolute Gasteiger partial charge is 0.416 e. The maximum atomic E-state index is 15.3. The standard InChI is InChI=1S/C22H15F4N3O2S/c23-17-8-16-19(28-10-13(9-27)21(16)31)15(20(17)29-5-6-32-11-18(29)30)7-12-1-3-14(4-2-12)22(24,25)26/h1-4,8,10H,5-7,11H2,(H,28,31). The van der Waals surface area contributed by atoms with Crippen molar-refractivity contribution in [3.63, 3.8) is 0 Å². The number of hydrogen-bond acceptors (Lipinski definition) is 4. The van der Waals surface area contributed by atoms with Crippen LogP contribution in [0.4, 0.5) is 23.2 Å². The minimum Gasteiger partial charge on any atom is -0.359 e. The zero-order chi connectivity index (χ0) is 23.0. The molecule has 0 bridgehead atoms. The molecular weight excluding hydrogens is 446 g/mol. The van der Waals surface area contributed by atoms with E-state index >= 15 is 4.39 Å². The van der Waals surface area contributed by atoms with Crippen molar-refractivity contribution < 1.29 is 22.4 Å². The topological polar surface area (TPSA) is 77.0 Å². The van der Waals surface area contributed by atoms with Crippen molar-refractivity contribution in [2.45, 2.75) is 12.6 Å². The first-order valence-corrected chi connectivity index (χ1v) is 10.7. The van der Waals surface area contributed by atoms with Gasteiger partial charge in [0.05, 0.1) is 27.9 Å². The normalized spacial score (nSPS) is 14.6. The summed E-state index contributed by atoms with van der Waals surface area (Å²) in [5.74, 6) is -0.349. The fraction of sp³-hybridized carbons (Fsp3) is 0.227. The van der Waals surface area contributed by atoms with Gasteiger partial charge in [-0.05, 0) is 23.8 Å². The summed E-state index contributed by atoms with van der Waals surface area (Å²) in [5, 5.41) is 9.06. The molecule has 3 aromatic rings. The molecular formula is C22H15F4N3O2S. The van der Waals surface area contributed by atoms with Gasteiger partial charge in [0, 0.05) is 30.5 Å². The van der Waals surface area contributed by atoms with E-state index < -0.39 is 23.0 Å². The summed E-state index contributed by atoms with van der Waals surface area (Å²) in [6.45, 7) is 0.256. The highest BCUT2D eigenvalue weighted by Crippen LogP contribution is 2.35. The number of halogens is 4. The van der Waals surface area contributed by atoms with Crippen LogP contribution in [0.1, 0.15) is 22.3 Å². The van der Waals surface area contributed by atoms with Gasteiger partial charge in [-0.15, -0.1) is 0 Å². The molecule has 10 heteroatoms. The molecule has 4 rings (SSSR count).